The number of hydrogen-bond acceptors (Lipinski definition) is 4. The van der Waals surface area contributed by atoms with Gasteiger partial charge in [0.25, 0.3) is 10.0 Å². The highest BCUT2D eigenvalue weighted by atomic mass is 35.5. The smallest absolute Gasteiger partial charge is 0.261 e. The summed E-state index contributed by atoms with van der Waals surface area (Å²) in [6.07, 6.45) is 1.39. The van der Waals surface area contributed by atoms with Gasteiger partial charge in [0, 0.05) is 10.7 Å². The van der Waals surface area contributed by atoms with E-state index in [1.807, 2.05) is 6.07 Å². The Morgan fingerprint density at radius 3 is 2.50 bits per heavy atom. The van der Waals surface area contributed by atoms with Gasteiger partial charge in [-0.05, 0) is 61.0 Å². The zero-order chi connectivity index (χ0) is 18.7. The number of nitrogens with zero attached hydrogens (tertiary/aromatic N) is 1. The first-order valence-corrected chi connectivity index (χ1v) is 9.47. The largest absolute Gasteiger partial charge is 0.340 e. The molecule has 0 saturated carbocycles. The predicted molar refractivity (Wildman–Crippen MR) is 101 cm³/mol. The van der Waals surface area contributed by atoms with Crippen LogP contribution in [0.5, 0.6) is 0 Å². The van der Waals surface area contributed by atoms with E-state index in [0.29, 0.717) is 16.5 Å². The van der Waals surface area contributed by atoms with Gasteiger partial charge in [0.2, 0.25) is 0 Å². The Labute approximate surface area is 155 Å². The Morgan fingerprint density at radius 2 is 1.85 bits per heavy atom. The third kappa shape index (κ3) is 4.30. The van der Waals surface area contributed by atoms with Crippen LogP contribution in [-0.4, -0.2) is 13.4 Å². The van der Waals surface area contributed by atoms with Crippen molar-refractivity contribution < 1.29 is 12.8 Å². The highest BCUT2D eigenvalue weighted by Crippen LogP contribution is 2.21. The molecule has 5 nitrogen and oxygen atoms in total. The van der Waals surface area contributed by atoms with Gasteiger partial charge < -0.3 is 5.32 Å². The number of benzene rings is 2. The molecule has 0 aliphatic carbocycles. The molecule has 0 aliphatic rings. The predicted octanol–water partition coefficient (Wildman–Crippen LogP) is 4.73. The average molecular weight is 392 g/mol. The lowest BCUT2D eigenvalue weighted by Gasteiger charge is -2.10. The summed E-state index contributed by atoms with van der Waals surface area (Å²) in [5, 5.41) is 3.66. The van der Waals surface area contributed by atoms with Crippen molar-refractivity contribution in [3.05, 3.63) is 77.2 Å². The van der Waals surface area contributed by atoms with Gasteiger partial charge in [0.15, 0.2) is 0 Å². The lowest BCUT2D eigenvalue weighted by molar-refractivity contribution is 0.598. The van der Waals surface area contributed by atoms with Crippen LogP contribution in [0.25, 0.3) is 0 Å². The van der Waals surface area contributed by atoms with Gasteiger partial charge in [0.05, 0.1) is 16.8 Å². The normalized spacial score (nSPS) is 11.2. The van der Waals surface area contributed by atoms with Crippen LogP contribution in [0.15, 0.2) is 65.7 Å². The summed E-state index contributed by atoms with van der Waals surface area (Å²) in [6.45, 7) is 1.51. The van der Waals surface area contributed by atoms with Crippen LogP contribution < -0.4 is 10.0 Å². The van der Waals surface area contributed by atoms with Gasteiger partial charge in [0.1, 0.15) is 11.6 Å². The molecular weight excluding hydrogens is 377 g/mol. The first-order chi connectivity index (χ1) is 12.3. The standard InChI is InChI=1S/C18H15ClFN3O2S/c1-12-9-16(6-7-17(12)20)26(24,25)23-15-5-8-18(21-11-15)22-14-4-2-3-13(19)10-14/h2-11,23H,1H3,(H,21,22). The Balaban J connectivity index is 1.75. The maximum Gasteiger partial charge on any atom is 0.261 e. The van der Waals surface area contributed by atoms with Crippen molar-refractivity contribution >= 4 is 38.8 Å². The minimum Gasteiger partial charge on any atom is -0.340 e. The van der Waals surface area contributed by atoms with Crippen molar-refractivity contribution in [2.75, 3.05) is 10.0 Å². The second-order valence-electron chi connectivity index (χ2n) is 5.58. The molecule has 0 aliphatic heterocycles. The summed E-state index contributed by atoms with van der Waals surface area (Å²) < 4.78 is 40.5. The van der Waals surface area contributed by atoms with E-state index >= 15 is 0 Å². The molecule has 0 radical (unpaired) electrons. The second-order valence-corrected chi connectivity index (χ2v) is 7.70. The van der Waals surface area contributed by atoms with Gasteiger partial charge in [-0.3, -0.25) is 4.72 Å². The fourth-order valence-electron chi connectivity index (χ4n) is 2.24. The molecule has 0 amide bonds. The molecule has 2 N–H and O–H groups in total. The Kier molecular flexibility index (Phi) is 5.11. The summed E-state index contributed by atoms with van der Waals surface area (Å²) in [6, 6.07) is 14.0. The lowest BCUT2D eigenvalue weighted by Crippen LogP contribution is -2.13. The van der Waals surface area contributed by atoms with Gasteiger partial charge in [-0.1, -0.05) is 17.7 Å². The molecule has 134 valence electrons. The van der Waals surface area contributed by atoms with Crippen LogP contribution in [0, 0.1) is 12.7 Å². The van der Waals surface area contributed by atoms with Gasteiger partial charge in [-0.2, -0.15) is 0 Å². The number of pyridine rings is 1. The molecule has 0 saturated heterocycles. The quantitative estimate of drug-likeness (QED) is 0.659. The molecule has 1 heterocycles. The Bertz CT molecular complexity index is 1040. The number of nitrogens with one attached hydrogen (secondary N) is 2. The summed E-state index contributed by atoms with van der Waals surface area (Å²) >= 11 is 5.93. The monoisotopic (exact) mass is 391 g/mol. The molecule has 0 atom stereocenters. The average Bonchev–Trinajstić information content (AvgIpc) is 2.59. The minimum atomic E-state index is -3.82. The molecule has 8 heteroatoms. The number of sulfonamides is 1. The molecule has 1 aromatic heterocycles. The molecule has 3 rings (SSSR count). The second kappa shape index (κ2) is 7.31. The molecule has 0 unspecified atom stereocenters. The van der Waals surface area contributed by atoms with Gasteiger partial charge in [-0.15, -0.1) is 0 Å². The number of anilines is 3. The molecule has 0 fully saturated rings. The van der Waals surface area contributed by atoms with Crippen molar-refractivity contribution in [3.63, 3.8) is 0 Å². The first kappa shape index (κ1) is 18.2. The SMILES string of the molecule is Cc1cc(S(=O)(=O)Nc2ccc(Nc3cccc(Cl)c3)nc2)ccc1F. The molecular formula is C18H15ClFN3O2S. The molecule has 2 aromatic carbocycles. The highest BCUT2D eigenvalue weighted by molar-refractivity contribution is 7.92. The van der Waals surface area contributed by atoms with E-state index in [2.05, 4.69) is 15.0 Å². The first-order valence-electron chi connectivity index (χ1n) is 7.61. The summed E-state index contributed by atoms with van der Waals surface area (Å²) in [4.78, 5) is 4.16. The topological polar surface area (TPSA) is 71.1 Å². The fraction of sp³-hybridized carbons (Fsp3) is 0.0556. The van der Waals surface area contributed by atoms with Crippen LogP contribution in [0.2, 0.25) is 5.02 Å². The van der Waals surface area contributed by atoms with E-state index in [1.165, 1.54) is 25.3 Å². The number of aromatic nitrogens is 1. The fourth-order valence-corrected chi connectivity index (χ4v) is 3.56. The molecule has 3 aromatic rings. The lowest BCUT2D eigenvalue weighted by atomic mass is 10.2. The van der Waals surface area contributed by atoms with Crippen molar-refractivity contribution in [2.24, 2.45) is 0 Å². The zero-order valence-electron chi connectivity index (χ0n) is 13.7. The number of hydrogen-bond donors (Lipinski definition) is 2. The Morgan fingerprint density at radius 1 is 1.04 bits per heavy atom. The van der Waals surface area contributed by atoms with E-state index in [0.717, 1.165) is 11.8 Å². The third-order valence-electron chi connectivity index (χ3n) is 3.55. The van der Waals surface area contributed by atoms with Crippen molar-refractivity contribution in [3.8, 4) is 0 Å². The molecule has 0 spiro atoms. The van der Waals surface area contributed by atoms with Crippen molar-refractivity contribution in [1.82, 2.24) is 4.98 Å². The maximum atomic E-state index is 13.3. The van der Waals surface area contributed by atoms with E-state index in [1.54, 1.807) is 30.3 Å². The van der Waals surface area contributed by atoms with E-state index in [9.17, 15) is 12.8 Å². The number of rotatable bonds is 5. The van der Waals surface area contributed by atoms with Crippen LogP contribution in [-0.2, 0) is 10.0 Å². The van der Waals surface area contributed by atoms with Crippen LogP contribution in [0.4, 0.5) is 21.6 Å². The highest BCUT2D eigenvalue weighted by Gasteiger charge is 2.15. The summed E-state index contributed by atoms with van der Waals surface area (Å²) in [5.41, 5.74) is 1.32. The van der Waals surface area contributed by atoms with Crippen LogP contribution >= 0.6 is 11.6 Å². The summed E-state index contributed by atoms with van der Waals surface area (Å²) in [7, 11) is -3.82. The number of halogens is 2. The Hall–Kier alpha value is -2.64. The van der Waals surface area contributed by atoms with E-state index in [4.69, 9.17) is 11.6 Å². The third-order valence-corrected chi connectivity index (χ3v) is 5.17. The molecule has 0 bridgehead atoms. The van der Waals surface area contributed by atoms with Crippen LogP contribution in [0.3, 0.4) is 0 Å². The van der Waals surface area contributed by atoms with Crippen LogP contribution in [0.1, 0.15) is 5.56 Å². The van der Waals surface area contributed by atoms with Gasteiger partial charge >= 0.3 is 0 Å². The summed E-state index contributed by atoms with van der Waals surface area (Å²) in [5.74, 6) is 0.0786. The van der Waals surface area contributed by atoms with Crippen molar-refractivity contribution in [1.29, 1.82) is 0 Å². The van der Waals surface area contributed by atoms with Gasteiger partial charge in [-0.25, -0.2) is 17.8 Å². The van der Waals surface area contributed by atoms with E-state index in [-0.39, 0.29) is 10.5 Å². The van der Waals surface area contributed by atoms with E-state index < -0.39 is 15.8 Å². The van der Waals surface area contributed by atoms with Crippen molar-refractivity contribution in [2.45, 2.75) is 11.8 Å². The minimum absolute atomic E-state index is 0.0162. The molecule has 26 heavy (non-hydrogen) atoms. The zero-order valence-corrected chi connectivity index (χ0v) is 15.3. The number of aryl methyl sites for hydroxylation is 1. The maximum absolute atomic E-state index is 13.3.